The van der Waals surface area contributed by atoms with Crippen LogP contribution in [0.15, 0.2) is 30.3 Å². The van der Waals surface area contributed by atoms with Crippen molar-refractivity contribution in [1.82, 2.24) is 4.90 Å². The van der Waals surface area contributed by atoms with Crippen LogP contribution in [0.1, 0.15) is 32.4 Å². The van der Waals surface area contributed by atoms with Gasteiger partial charge < -0.3 is 4.43 Å². The Hall–Kier alpha value is -1.40. The summed E-state index contributed by atoms with van der Waals surface area (Å²) in [6.45, 7) is 6.35. The van der Waals surface area contributed by atoms with Crippen LogP contribution in [-0.4, -0.2) is 38.9 Å². The van der Waals surface area contributed by atoms with Gasteiger partial charge in [0, 0.05) is 0 Å². The summed E-state index contributed by atoms with van der Waals surface area (Å²) < 4.78 is 6.32. The van der Waals surface area contributed by atoms with E-state index in [9.17, 15) is 9.59 Å². The molecule has 1 aliphatic heterocycles. The molecule has 6 heteroatoms. The van der Waals surface area contributed by atoms with Gasteiger partial charge in [-0.1, -0.05) is 51.1 Å². The Morgan fingerprint density at radius 2 is 1.73 bits per heavy atom. The first-order chi connectivity index (χ1) is 10.5. The normalized spacial score (nSPS) is 21.6. The van der Waals surface area contributed by atoms with Gasteiger partial charge in [0.15, 0.2) is 20.2 Å². The molecule has 0 saturated carbocycles. The van der Waals surface area contributed by atoms with Gasteiger partial charge in [0.1, 0.15) is 0 Å². The van der Waals surface area contributed by atoms with Crippen molar-refractivity contribution in [3.63, 3.8) is 0 Å². The molecule has 0 aromatic heterocycles. The van der Waals surface area contributed by atoms with Gasteiger partial charge in [0.25, 0.3) is 5.91 Å². The fourth-order valence-corrected chi connectivity index (χ4v) is 5.83. The number of carbonyl (C=O) groups is 2. The largest absolute Gasteiger partial charge is 0.403 e. The zero-order valence-corrected chi connectivity index (χ0v) is 14.4. The van der Waals surface area contributed by atoms with Crippen molar-refractivity contribution in [2.24, 2.45) is 0 Å². The van der Waals surface area contributed by atoms with Crippen LogP contribution in [0.3, 0.4) is 0 Å². The van der Waals surface area contributed by atoms with Crippen molar-refractivity contribution in [2.45, 2.75) is 51.0 Å². The van der Waals surface area contributed by atoms with Gasteiger partial charge in [-0.15, -0.1) is 0 Å². The van der Waals surface area contributed by atoms with E-state index in [-0.39, 0.29) is 5.91 Å². The summed E-state index contributed by atoms with van der Waals surface area (Å²) in [5.41, 5.74) is 0.886. The molecule has 2 radical (unpaired) electrons. The van der Waals surface area contributed by atoms with Crippen LogP contribution in [0.4, 0.5) is 4.79 Å². The van der Waals surface area contributed by atoms with Crippen LogP contribution in [0.25, 0.3) is 0 Å². The summed E-state index contributed by atoms with van der Waals surface area (Å²) in [7, 11) is 3.43. The molecule has 0 aliphatic carbocycles. The number of amides is 2. The zero-order valence-electron chi connectivity index (χ0n) is 13.4. The number of carbonyl (C=O) groups excluding carboxylic acids is 2. The lowest BCUT2D eigenvalue weighted by Crippen LogP contribution is -2.64. The highest BCUT2D eigenvalue weighted by Crippen LogP contribution is 2.40. The Bertz CT molecular complexity index is 539. The third-order valence-corrected chi connectivity index (χ3v) is 9.35. The van der Waals surface area contributed by atoms with Crippen LogP contribution in [-0.2, 0) is 9.22 Å². The van der Waals surface area contributed by atoms with Gasteiger partial charge in [-0.25, -0.2) is 0 Å². The lowest BCUT2D eigenvalue weighted by atomic mass is 9.88. The van der Waals surface area contributed by atoms with Crippen molar-refractivity contribution in [1.29, 1.82) is 0 Å². The zero-order chi connectivity index (χ0) is 16.3. The highest BCUT2D eigenvalue weighted by molar-refractivity contribution is 6.73. The van der Waals surface area contributed by atoms with Crippen molar-refractivity contribution in [2.75, 3.05) is 0 Å². The van der Waals surface area contributed by atoms with Crippen LogP contribution in [0.5, 0.6) is 0 Å². The molecule has 1 fully saturated rings. The molecule has 1 heterocycles. The maximum atomic E-state index is 12.3. The van der Waals surface area contributed by atoms with E-state index in [1.54, 1.807) is 0 Å². The summed E-state index contributed by atoms with van der Waals surface area (Å²) >= 11 is 0. The highest BCUT2D eigenvalue weighted by Gasteiger charge is 2.53. The van der Waals surface area contributed by atoms with E-state index in [4.69, 9.17) is 12.3 Å². The number of benzene rings is 1. The third kappa shape index (κ3) is 2.90. The summed E-state index contributed by atoms with van der Waals surface area (Å²) in [5.74, 6) is -1.02. The van der Waals surface area contributed by atoms with Crippen LogP contribution in [0, 0.1) is 0 Å². The Morgan fingerprint density at radius 3 is 2.18 bits per heavy atom. The van der Waals surface area contributed by atoms with Crippen molar-refractivity contribution >= 4 is 27.9 Å². The number of β-lactam (4-membered cyclic amide) rings is 1. The molecule has 2 amide bonds. The van der Waals surface area contributed by atoms with Crippen LogP contribution < -0.4 is 0 Å². The van der Waals surface area contributed by atoms with Gasteiger partial charge in [-0.05, 0) is 23.7 Å². The quantitative estimate of drug-likeness (QED) is 0.598. The Kier molecular flexibility index (Phi) is 5.24. The van der Waals surface area contributed by atoms with E-state index < -0.39 is 26.3 Å². The van der Waals surface area contributed by atoms with Gasteiger partial charge >= 0.3 is 0 Å². The van der Waals surface area contributed by atoms with Gasteiger partial charge in [0.2, 0.25) is 7.85 Å². The van der Waals surface area contributed by atoms with Crippen molar-refractivity contribution < 1.29 is 14.0 Å². The molecule has 1 aromatic rings. The summed E-state index contributed by atoms with van der Waals surface area (Å²) in [6.07, 6.45) is -0.582. The van der Waals surface area contributed by atoms with E-state index in [0.717, 1.165) is 28.6 Å². The van der Waals surface area contributed by atoms with Gasteiger partial charge in [0.05, 0.1) is 6.04 Å². The summed E-state index contributed by atoms with van der Waals surface area (Å²) in [4.78, 5) is 25.0. The lowest BCUT2D eigenvalue weighted by Gasteiger charge is -2.48. The van der Waals surface area contributed by atoms with Crippen molar-refractivity contribution in [3.05, 3.63) is 35.9 Å². The van der Waals surface area contributed by atoms with Crippen LogP contribution in [0.2, 0.25) is 18.1 Å². The molecule has 0 N–H and O–H groups in total. The number of hydrogen-bond donors (Lipinski definition) is 0. The SMILES string of the molecule is [B]C(=O)N1C(=O)[C@H](O[Si](CC)(CC)CC)[C@@H]1c1ccccc1. The topological polar surface area (TPSA) is 46.6 Å². The predicted molar refractivity (Wildman–Crippen MR) is 89.2 cm³/mol. The minimum atomic E-state index is -1.93. The molecule has 22 heavy (non-hydrogen) atoms. The second kappa shape index (κ2) is 6.79. The molecule has 0 spiro atoms. The molecule has 0 bridgehead atoms. The Morgan fingerprint density at radius 1 is 1.18 bits per heavy atom. The number of hydrogen-bond acceptors (Lipinski definition) is 3. The molecule has 0 unspecified atom stereocenters. The first-order valence-electron chi connectivity index (χ1n) is 7.85. The molecular formula is C16H22BNO3Si. The van der Waals surface area contributed by atoms with Gasteiger partial charge in [-0.3, -0.25) is 14.5 Å². The standard InChI is InChI=1S/C16H22BNO3Si/c1-4-22(5-2,6-3)21-14-13(12-10-8-7-9-11-12)18(15(14)19)16(17)20/h7-11,13-14H,4-6H2,1-3H3/t13-,14+/m0/s1. The number of nitrogens with zero attached hydrogens (tertiary/aromatic N) is 1. The minimum Gasteiger partial charge on any atom is -0.403 e. The molecule has 1 aliphatic rings. The number of likely N-dealkylation sites (tertiary alicyclic amines) is 1. The number of rotatable bonds is 6. The first kappa shape index (κ1) is 17.0. The molecule has 2 atom stereocenters. The molecule has 4 nitrogen and oxygen atoms in total. The average molecular weight is 315 g/mol. The lowest BCUT2D eigenvalue weighted by molar-refractivity contribution is -0.157. The van der Waals surface area contributed by atoms with E-state index >= 15 is 0 Å². The summed E-state index contributed by atoms with van der Waals surface area (Å²) in [6, 6.07) is 12.0. The maximum absolute atomic E-state index is 12.3. The molecule has 1 saturated heterocycles. The Labute approximate surface area is 134 Å². The van der Waals surface area contributed by atoms with Crippen molar-refractivity contribution in [3.8, 4) is 0 Å². The smallest absolute Gasteiger partial charge is 0.259 e. The number of imide groups is 1. The fraction of sp³-hybridized carbons (Fsp3) is 0.500. The monoisotopic (exact) mass is 315 g/mol. The van der Waals surface area contributed by atoms with Crippen LogP contribution >= 0.6 is 0 Å². The highest BCUT2D eigenvalue weighted by atomic mass is 28.4. The maximum Gasteiger partial charge on any atom is 0.259 e. The van der Waals surface area contributed by atoms with E-state index in [0.29, 0.717) is 0 Å². The Balaban J connectivity index is 2.30. The second-order valence-corrected chi connectivity index (χ2v) is 10.4. The van der Waals surface area contributed by atoms with E-state index in [1.165, 1.54) is 0 Å². The molecule has 2 rings (SSSR count). The summed E-state index contributed by atoms with van der Waals surface area (Å²) in [5, 5.41) is 0. The minimum absolute atomic E-state index is 0.312. The van der Waals surface area contributed by atoms with E-state index in [1.807, 2.05) is 30.3 Å². The second-order valence-electron chi connectivity index (χ2n) is 5.68. The average Bonchev–Trinajstić information content (AvgIpc) is 2.54. The van der Waals surface area contributed by atoms with Gasteiger partial charge in [-0.2, -0.15) is 0 Å². The van der Waals surface area contributed by atoms with E-state index in [2.05, 4.69) is 20.8 Å². The third-order valence-electron chi connectivity index (χ3n) is 4.73. The molecular weight excluding hydrogens is 293 g/mol. The predicted octanol–water partition coefficient (Wildman–Crippen LogP) is 3.25. The molecule has 1 aromatic carbocycles. The fourth-order valence-electron chi connectivity index (χ4n) is 3.07. The molecule has 116 valence electrons. The first-order valence-corrected chi connectivity index (χ1v) is 10.4.